The standard InChI is InChI=1S/C14H20Cl2N2O2S/c1-2-18(9-13(19)20)11-3-5-17(6-4-11)8-10-7-12(15)21-14(10)16/h7,11H,2-6,8-9H2,1H3,(H,19,20). The second-order valence-electron chi connectivity index (χ2n) is 5.31. The van der Waals surface area contributed by atoms with Gasteiger partial charge in [0.2, 0.25) is 0 Å². The molecule has 0 amide bonds. The fraction of sp³-hybridized carbons (Fsp3) is 0.643. The molecule has 1 aliphatic rings. The van der Waals surface area contributed by atoms with Crippen LogP contribution >= 0.6 is 34.5 Å². The van der Waals surface area contributed by atoms with E-state index in [1.807, 2.05) is 17.9 Å². The summed E-state index contributed by atoms with van der Waals surface area (Å²) in [6, 6.07) is 2.30. The molecule has 0 bridgehead atoms. The molecule has 1 N–H and O–H groups in total. The lowest BCUT2D eigenvalue weighted by Crippen LogP contribution is -2.46. The molecule has 4 nitrogen and oxygen atoms in total. The number of halogens is 2. The van der Waals surface area contributed by atoms with Crippen LogP contribution in [0, 0.1) is 0 Å². The number of piperidine rings is 1. The van der Waals surface area contributed by atoms with E-state index in [-0.39, 0.29) is 6.54 Å². The normalized spacial score (nSPS) is 17.5. The van der Waals surface area contributed by atoms with Gasteiger partial charge in [-0.2, -0.15) is 0 Å². The molecule has 7 heteroatoms. The zero-order valence-corrected chi connectivity index (χ0v) is 14.3. The zero-order valence-electron chi connectivity index (χ0n) is 12.0. The predicted octanol–water partition coefficient (Wildman–Crippen LogP) is 3.43. The number of thiophene rings is 1. The van der Waals surface area contributed by atoms with E-state index in [9.17, 15) is 4.79 Å². The van der Waals surface area contributed by atoms with Crippen molar-refractivity contribution in [2.75, 3.05) is 26.2 Å². The summed E-state index contributed by atoms with van der Waals surface area (Å²) in [5, 5.41) is 8.95. The molecule has 0 spiro atoms. The number of aliphatic carboxylic acids is 1. The van der Waals surface area contributed by atoms with Gasteiger partial charge in [-0.25, -0.2) is 0 Å². The molecule has 118 valence electrons. The Morgan fingerprint density at radius 2 is 2.14 bits per heavy atom. The van der Waals surface area contributed by atoms with E-state index in [2.05, 4.69) is 4.90 Å². The van der Waals surface area contributed by atoms with Crippen molar-refractivity contribution < 1.29 is 9.90 Å². The van der Waals surface area contributed by atoms with E-state index < -0.39 is 5.97 Å². The van der Waals surface area contributed by atoms with Gasteiger partial charge >= 0.3 is 5.97 Å². The average molecular weight is 351 g/mol. The smallest absolute Gasteiger partial charge is 0.317 e. The molecule has 21 heavy (non-hydrogen) atoms. The Bertz CT molecular complexity index is 487. The topological polar surface area (TPSA) is 43.8 Å². The number of hydrogen-bond donors (Lipinski definition) is 1. The molecule has 0 aromatic carbocycles. The van der Waals surface area contributed by atoms with Gasteiger partial charge in [0.15, 0.2) is 0 Å². The first-order valence-corrected chi connectivity index (χ1v) is 8.68. The summed E-state index contributed by atoms with van der Waals surface area (Å²) in [5.41, 5.74) is 1.09. The number of carbonyl (C=O) groups is 1. The van der Waals surface area contributed by atoms with E-state index in [1.165, 1.54) is 11.3 Å². The van der Waals surface area contributed by atoms with Gasteiger partial charge in [-0.3, -0.25) is 14.6 Å². The highest BCUT2D eigenvalue weighted by Gasteiger charge is 2.25. The van der Waals surface area contributed by atoms with Crippen molar-refractivity contribution in [3.63, 3.8) is 0 Å². The number of likely N-dealkylation sites (N-methyl/N-ethyl adjacent to an activating group) is 1. The lowest BCUT2D eigenvalue weighted by Gasteiger charge is -2.37. The Labute approximate surface area is 139 Å². The first-order chi connectivity index (χ1) is 9.99. The fourth-order valence-corrected chi connectivity index (χ4v) is 4.31. The van der Waals surface area contributed by atoms with E-state index in [4.69, 9.17) is 28.3 Å². The van der Waals surface area contributed by atoms with Gasteiger partial charge in [-0.05, 0) is 44.1 Å². The van der Waals surface area contributed by atoms with Gasteiger partial charge in [-0.1, -0.05) is 30.1 Å². The van der Waals surface area contributed by atoms with Crippen molar-refractivity contribution >= 4 is 40.5 Å². The quantitative estimate of drug-likeness (QED) is 0.853. The van der Waals surface area contributed by atoms with Crippen molar-refractivity contribution in [1.29, 1.82) is 0 Å². The van der Waals surface area contributed by atoms with Gasteiger partial charge in [0.25, 0.3) is 0 Å². The van der Waals surface area contributed by atoms with Crippen LogP contribution in [0.1, 0.15) is 25.3 Å². The van der Waals surface area contributed by atoms with Crippen LogP contribution in [-0.4, -0.2) is 53.1 Å². The average Bonchev–Trinajstić information content (AvgIpc) is 2.75. The number of carboxylic acids is 1. The molecule has 0 radical (unpaired) electrons. The number of nitrogens with zero attached hydrogens (tertiary/aromatic N) is 2. The lowest BCUT2D eigenvalue weighted by molar-refractivity contribution is -0.139. The Hall–Kier alpha value is -0.330. The van der Waals surface area contributed by atoms with Crippen molar-refractivity contribution in [3.8, 4) is 0 Å². The Balaban J connectivity index is 1.85. The third kappa shape index (κ3) is 4.83. The first kappa shape index (κ1) is 17.0. The predicted molar refractivity (Wildman–Crippen MR) is 87.5 cm³/mol. The van der Waals surface area contributed by atoms with Gasteiger partial charge in [0.1, 0.15) is 0 Å². The highest BCUT2D eigenvalue weighted by molar-refractivity contribution is 7.20. The summed E-state index contributed by atoms with van der Waals surface area (Å²) < 4.78 is 1.49. The van der Waals surface area contributed by atoms with E-state index in [0.717, 1.165) is 53.3 Å². The summed E-state index contributed by atoms with van der Waals surface area (Å²) in [7, 11) is 0. The minimum atomic E-state index is -0.751. The van der Waals surface area contributed by atoms with Gasteiger partial charge in [0, 0.05) is 12.6 Å². The van der Waals surface area contributed by atoms with E-state index >= 15 is 0 Å². The van der Waals surface area contributed by atoms with Crippen LogP contribution < -0.4 is 0 Å². The summed E-state index contributed by atoms with van der Waals surface area (Å²) in [4.78, 5) is 15.3. The van der Waals surface area contributed by atoms with Gasteiger partial charge in [-0.15, -0.1) is 11.3 Å². The van der Waals surface area contributed by atoms with Crippen molar-refractivity contribution in [1.82, 2.24) is 9.80 Å². The van der Waals surface area contributed by atoms with Crippen LogP contribution in [0.4, 0.5) is 0 Å². The Kier molecular flexibility index (Phi) is 6.32. The molecular weight excluding hydrogens is 331 g/mol. The molecule has 1 aliphatic heterocycles. The monoisotopic (exact) mass is 350 g/mol. The molecule has 0 aliphatic carbocycles. The van der Waals surface area contributed by atoms with Crippen LogP contribution in [-0.2, 0) is 11.3 Å². The first-order valence-electron chi connectivity index (χ1n) is 7.11. The number of rotatable bonds is 6. The fourth-order valence-electron chi connectivity index (χ4n) is 2.84. The molecule has 1 saturated heterocycles. The molecule has 1 aromatic rings. The van der Waals surface area contributed by atoms with E-state index in [1.54, 1.807) is 0 Å². The summed E-state index contributed by atoms with van der Waals surface area (Å²) in [5.74, 6) is -0.751. The van der Waals surface area contributed by atoms with Crippen LogP contribution in [0.2, 0.25) is 8.67 Å². The number of carboxylic acid groups (broad SMARTS) is 1. The highest BCUT2D eigenvalue weighted by atomic mass is 35.5. The van der Waals surface area contributed by atoms with Crippen LogP contribution in [0.15, 0.2) is 6.07 Å². The maximum atomic E-state index is 10.9. The van der Waals surface area contributed by atoms with Crippen molar-refractivity contribution in [2.45, 2.75) is 32.4 Å². The zero-order chi connectivity index (χ0) is 15.4. The van der Waals surface area contributed by atoms with Gasteiger partial charge in [0.05, 0.1) is 15.2 Å². The summed E-state index contributed by atoms with van der Waals surface area (Å²) in [6.07, 6.45) is 1.99. The molecular formula is C14H20Cl2N2O2S. The second-order valence-corrected chi connectivity index (χ2v) is 7.60. The summed E-state index contributed by atoms with van der Waals surface area (Å²) in [6.45, 7) is 5.67. The Morgan fingerprint density at radius 3 is 2.62 bits per heavy atom. The van der Waals surface area contributed by atoms with Gasteiger partial charge < -0.3 is 5.11 Å². The van der Waals surface area contributed by atoms with E-state index in [0.29, 0.717) is 6.04 Å². The molecule has 1 fully saturated rings. The van der Waals surface area contributed by atoms with Crippen LogP contribution in [0.3, 0.4) is 0 Å². The number of hydrogen-bond acceptors (Lipinski definition) is 4. The molecule has 0 atom stereocenters. The number of likely N-dealkylation sites (tertiary alicyclic amines) is 1. The molecule has 1 aromatic heterocycles. The minimum Gasteiger partial charge on any atom is -0.480 e. The van der Waals surface area contributed by atoms with Crippen LogP contribution in [0.25, 0.3) is 0 Å². The highest BCUT2D eigenvalue weighted by Crippen LogP contribution is 2.32. The maximum Gasteiger partial charge on any atom is 0.317 e. The maximum absolute atomic E-state index is 10.9. The Morgan fingerprint density at radius 1 is 1.48 bits per heavy atom. The molecule has 2 rings (SSSR count). The molecule has 0 unspecified atom stereocenters. The summed E-state index contributed by atoms with van der Waals surface area (Å²) >= 11 is 13.5. The third-order valence-corrected chi connectivity index (χ3v) is 5.51. The minimum absolute atomic E-state index is 0.132. The van der Waals surface area contributed by atoms with Crippen LogP contribution in [0.5, 0.6) is 0 Å². The van der Waals surface area contributed by atoms with Crippen molar-refractivity contribution in [3.05, 3.63) is 20.3 Å². The lowest BCUT2D eigenvalue weighted by atomic mass is 10.0. The SMILES string of the molecule is CCN(CC(=O)O)C1CCN(Cc2cc(Cl)sc2Cl)CC1. The molecule has 0 saturated carbocycles. The second kappa shape index (κ2) is 7.79. The van der Waals surface area contributed by atoms with Crippen molar-refractivity contribution in [2.24, 2.45) is 0 Å². The largest absolute Gasteiger partial charge is 0.480 e. The molecule has 2 heterocycles. The third-order valence-electron chi connectivity index (χ3n) is 3.94.